The van der Waals surface area contributed by atoms with E-state index >= 15 is 0 Å². The fraction of sp³-hybridized carbons (Fsp3) is 0.667. The molecule has 2 rings (SSSR count). The number of hydrogen-bond acceptors (Lipinski definition) is 2. The molecule has 22 heavy (non-hydrogen) atoms. The van der Waals surface area contributed by atoms with Crippen LogP contribution in [0.1, 0.15) is 44.7 Å². The maximum absolute atomic E-state index is 6.40. The molecule has 1 aliphatic rings. The molecule has 0 amide bonds. The molecular weight excluding hydrogens is 312 g/mol. The van der Waals surface area contributed by atoms with Crippen LogP contribution in [0.4, 0.5) is 0 Å². The van der Waals surface area contributed by atoms with Crippen molar-refractivity contribution in [2.45, 2.75) is 77.5 Å². The Morgan fingerprint density at radius 2 is 1.82 bits per heavy atom. The molecule has 0 N–H and O–H groups in total. The van der Waals surface area contributed by atoms with Gasteiger partial charge in [0, 0.05) is 11.1 Å². The van der Waals surface area contributed by atoms with E-state index in [2.05, 4.69) is 39.9 Å². The monoisotopic (exact) mass is 340 g/mol. The normalized spacial score (nSPS) is 22.5. The van der Waals surface area contributed by atoms with Crippen LogP contribution in [0.15, 0.2) is 18.2 Å². The van der Waals surface area contributed by atoms with Gasteiger partial charge in [-0.2, -0.15) is 0 Å². The van der Waals surface area contributed by atoms with Gasteiger partial charge in [0.05, 0.1) is 12.7 Å². The van der Waals surface area contributed by atoms with E-state index in [-0.39, 0.29) is 5.04 Å². The summed E-state index contributed by atoms with van der Waals surface area (Å²) in [6.45, 7) is 14.2. The zero-order chi connectivity index (χ0) is 16.5. The lowest BCUT2D eigenvalue weighted by Crippen LogP contribution is -2.49. The van der Waals surface area contributed by atoms with Crippen LogP contribution in [0.25, 0.3) is 0 Å². The average molecular weight is 341 g/mol. The van der Waals surface area contributed by atoms with Gasteiger partial charge in [0.25, 0.3) is 0 Å². The second-order valence-corrected chi connectivity index (χ2v) is 13.2. The average Bonchev–Trinajstić information content (AvgIpc) is 2.34. The minimum absolute atomic E-state index is 0.278. The highest BCUT2D eigenvalue weighted by molar-refractivity contribution is 6.74. The van der Waals surface area contributed by atoms with Crippen molar-refractivity contribution in [3.8, 4) is 0 Å². The molecule has 0 saturated heterocycles. The van der Waals surface area contributed by atoms with Gasteiger partial charge in [0.2, 0.25) is 0 Å². The van der Waals surface area contributed by atoms with E-state index in [0.29, 0.717) is 18.8 Å². The molecule has 0 atom stereocenters. The first-order chi connectivity index (χ1) is 10.1. The third-order valence-corrected chi connectivity index (χ3v) is 9.99. The summed E-state index contributed by atoms with van der Waals surface area (Å²) in [5.41, 5.74) is 2.30. The van der Waals surface area contributed by atoms with Crippen LogP contribution < -0.4 is 0 Å². The van der Waals surface area contributed by atoms with E-state index in [1.54, 1.807) is 0 Å². The van der Waals surface area contributed by atoms with Crippen LogP contribution in [-0.2, 0) is 15.8 Å². The first kappa shape index (κ1) is 18.0. The van der Waals surface area contributed by atoms with Crippen LogP contribution in [-0.4, -0.2) is 20.5 Å². The maximum Gasteiger partial charge on any atom is 0.192 e. The van der Waals surface area contributed by atoms with Gasteiger partial charge in [-0.05, 0) is 55.1 Å². The van der Waals surface area contributed by atoms with Gasteiger partial charge in [0.15, 0.2) is 8.32 Å². The lowest BCUT2D eigenvalue weighted by atomic mass is 9.92. The van der Waals surface area contributed by atoms with Gasteiger partial charge >= 0.3 is 0 Å². The van der Waals surface area contributed by atoms with E-state index in [1.165, 1.54) is 5.56 Å². The molecule has 1 aromatic carbocycles. The number of hydrogen-bond donors (Lipinski definition) is 0. The van der Waals surface area contributed by atoms with Crippen molar-refractivity contribution in [1.82, 2.24) is 0 Å². The quantitative estimate of drug-likeness (QED) is 0.638. The van der Waals surface area contributed by atoms with Crippen molar-refractivity contribution in [3.63, 3.8) is 0 Å². The minimum atomic E-state index is -1.64. The molecule has 0 aliphatic heterocycles. The molecule has 2 nitrogen and oxygen atoms in total. The predicted octanol–water partition coefficient (Wildman–Crippen LogP) is 5.72. The topological polar surface area (TPSA) is 18.5 Å². The van der Waals surface area contributed by atoms with Crippen molar-refractivity contribution in [2.75, 3.05) is 0 Å². The third-order valence-electron chi connectivity index (χ3n) is 5.03. The Hall–Kier alpha value is -0.353. The lowest BCUT2D eigenvalue weighted by molar-refractivity contribution is -0.0726. The fourth-order valence-corrected chi connectivity index (χ4v) is 3.85. The maximum atomic E-state index is 6.40. The van der Waals surface area contributed by atoms with Crippen LogP contribution in [0.2, 0.25) is 23.2 Å². The number of ether oxygens (including phenoxy) is 1. The second-order valence-electron chi connectivity index (χ2n) is 7.99. The summed E-state index contributed by atoms with van der Waals surface area (Å²) in [6, 6.07) is 6.09. The number of rotatable bonds is 5. The molecule has 1 aliphatic carbocycles. The largest absolute Gasteiger partial charge is 0.414 e. The molecule has 124 valence electrons. The van der Waals surface area contributed by atoms with Crippen LogP contribution >= 0.6 is 11.6 Å². The van der Waals surface area contributed by atoms with Crippen molar-refractivity contribution >= 4 is 19.9 Å². The molecule has 1 saturated carbocycles. The SMILES string of the molecule is Cc1cc(COC2CC(O[Si](C)(C)C(C)(C)C)C2)ccc1Cl. The lowest BCUT2D eigenvalue weighted by Gasteiger charge is -2.44. The molecule has 0 spiro atoms. The smallest absolute Gasteiger partial charge is 0.192 e. The number of benzene rings is 1. The number of halogens is 1. The molecular formula is C18H29ClO2Si. The molecule has 1 aromatic rings. The molecule has 0 heterocycles. The first-order valence-electron chi connectivity index (χ1n) is 8.13. The Morgan fingerprint density at radius 3 is 2.36 bits per heavy atom. The standard InChI is InChI=1S/C18H29ClO2Si/c1-13-9-14(7-8-17(13)19)12-20-15-10-16(11-15)21-22(5,6)18(2,3)4/h7-9,15-16H,10-12H2,1-6H3. The van der Waals surface area contributed by atoms with Crippen LogP contribution in [0.5, 0.6) is 0 Å². The van der Waals surface area contributed by atoms with Crippen molar-refractivity contribution in [1.29, 1.82) is 0 Å². The third kappa shape index (κ3) is 4.35. The Labute approximate surface area is 141 Å². The summed E-state index contributed by atoms with van der Waals surface area (Å²) in [7, 11) is -1.64. The summed E-state index contributed by atoms with van der Waals surface area (Å²) in [4.78, 5) is 0. The molecule has 4 heteroatoms. The van der Waals surface area contributed by atoms with Gasteiger partial charge in [0.1, 0.15) is 0 Å². The summed E-state index contributed by atoms with van der Waals surface area (Å²) in [6.07, 6.45) is 2.78. The Morgan fingerprint density at radius 1 is 1.18 bits per heavy atom. The molecule has 0 aromatic heterocycles. The number of aryl methyl sites for hydroxylation is 1. The van der Waals surface area contributed by atoms with Crippen LogP contribution in [0, 0.1) is 6.92 Å². The van der Waals surface area contributed by atoms with Crippen molar-refractivity contribution in [3.05, 3.63) is 34.3 Å². The van der Waals surface area contributed by atoms with Gasteiger partial charge < -0.3 is 9.16 Å². The summed E-state index contributed by atoms with van der Waals surface area (Å²) in [5.74, 6) is 0. The van der Waals surface area contributed by atoms with Gasteiger partial charge in [-0.1, -0.05) is 44.5 Å². The van der Waals surface area contributed by atoms with Gasteiger partial charge in [-0.25, -0.2) is 0 Å². The summed E-state index contributed by atoms with van der Waals surface area (Å²) < 4.78 is 12.4. The highest BCUT2D eigenvalue weighted by atomic mass is 35.5. The van der Waals surface area contributed by atoms with E-state index < -0.39 is 8.32 Å². The molecule has 0 bridgehead atoms. The predicted molar refractivity (Wildman–Crippen MR) is 96.1 cm³/mol. The van der Waals surface area contributed by atoms with Gasteiger partial charge in [-0.15, -0.1) is 0 Å². The minimum Gasteiger partial charge on any atom is -0.414 e. The zero-order valence-corrected chi connectivity index (χ0v) is 16.5. The first-order valence-corrected chi connectivity index (χ1v) is 11.4. The fourth-order valence-electron chi connectivity index (χ4n) is 2.35. The van der Waals surface area contributed by atoms with E-state index in [4.69, 9.17) is 20.8 Å². The van der Waals surface area contributed by atoms with E-state index in [9.17, 15) is 0 Å². The van der Waals surface area contributed by atoms with Gasteiger partial charge in [-0.3, -0.25) is 0 Å². The molecule has 0 radical (unpaired) electrons. The summed E-state index contributed by atoms with van der Waals surface area (Å²) in [5, 5.41) is 1.09. The highest BCUT2D eigenvalue weighted by Gasteiger charge is 2.42. The highest BCUT2D eigenvalue weighted by Crippen LogP contribution is 2.40. The molecule has 1 fully saturated rings. The van der Waals surface area contributed by atoms with E-state index in [1.807, 2.05) is 19.1 Å². The summed E-state index contributed by atoms with van der Waals surface area (Å²) >= 11 is 6.05. The Bertz CT molecular complexity index is 516. The van der Waals surface area contributed by atoms with Crippen molar-refractivity contribution in [2.24, 2.45) is 0 Å². The molecule has 0 unspecified atom stereocenters. The van der Waals surface area contributed by atoms with Crippen LogP contribution in [0.3, 0.4) is 0 Å². The van der Waals surface area contributed by atoms with E-state index in [0.717, 1.165) is 23.4 Å². The zero-order valence-electron chi connectivity index (χ0n) is 14.7. The Kier molecular flexibility index (Phi) is 5.43. The second kappa shape index (κ2) is 6.64. The van der Waals surface area contributed by atoms with Crippen molar-refractivity contribution < 1.29 is 9.16 Å². The Balaban J connectivity index is 1.75.